The average Bonchev–Trinajstić information content (AvgIpc) is 3.38. The van der Waals surface area contributed by atoms with E-state index in [0.29, 0.717) is 6.42 Å². The maximum Gasteiger partial charge on any atom is 0.407 e. The monoisotopic (exact) mass is 654 g/mol. The number of nitrogens with one attached hydrogen (secondary N) is 1. The molecule has 0 bridgehead atoms. The summed E-state index contributed by atoms with van der Waals surface area (Å²) in [5.74, 6) is -2.42. The number of hydrogen-bond donors (Lipinski definition) is 2. The summed E-state index contributed by atoms with van der Waals surface area (Å²) in [6.45, 7) is 9.34. The van der Waals surface area contributed by atoms with E-state index in [2.05, 4.69) is 10.3 Å². The molecule has 1 aliphatic carbocycles. The first-order chi connectivity index (χ1) is 23.0. The lowest BCUT2D eigenvalue weighted by Gasteiger charge is -2.40. The van der Waals surface area contributed by atoms with Gasteiger partial charge in [0.25, 0.3) is 5.91 Å². The fourth-order valence-corrected chi connectivity index (χ4v) is 5.85. The van der Waals surface area contributed by atoms with Crippen molar-refractivity contribution in [2.24, 2.45) is 11.8 Å². The lowest BCUT2D eigenvalue weighted by Crippen LogP contribution is -2.61. The van der Waals surface area contributed by atoms with Crippen molar-refractivity contribution in [3.63, 3.8) is 0 Å². The molecule has 2 atom stereocenters. The molecule has 0 radical (unpaired) electrons. The smallest absolute Gasteiger partial charge is 0.407 e. The van der Waals surface area contributed by atoms with Gasteiger partial charge in [-0.2, -0.15) is 0 Å². The number of ether oxygens (including phenoxy) is 1. The molecule has 10 nitrogen and oxygen atoms in total. The number of hydrazine groups is 1. The summed E-state index contributed by atoms with van der Waals surface area (Å²) in [5.41, 5.74) is 5.09. The Morgan fingerprint density at radius 1 is 0.917 bits per heavy atom. The van der Waals surface area contributed by atoms with Gasteiger partial charge >= 0.3 is 12.1 Å². The summed E-state index contributed by atoms with van der Waals surface area (Å²) >= 11 is 0. The molecule has 0 aliphatic heterocycles. The predicted molar refractivity (Wildman–Crippen MR) is 184 cm³/mol. The van der Waals surface area contributed by atoms with Gasteiger partial charge in [-0.3, -0.25) is 14.6 Å². The SMILES string of the molecule is CC(C)CCC(=O)N([C@@H](CC=Cc1cccnc1)C(=O)O)N(CC(C)C)C(=O)[C@@H](C)NC(=O)OCC1c2ccccc2-c2ccccc21. The number of amides is 3. The van der Waals surface area contributed by atoms with Crippen LogP contribution < -0.4 is 5.32 Å². The molecule has 1 heterocycles. The van der Waals surface area contributed by atoms with Gasteiger partial charge in [0.2, 0.25) is 5.91 Å². The zero-order valence-corrected chi connectivity index (χ0v) is 28.3. The number of carboxylic acids is 1. The third-order valence-electron chi connectivity index (χ3n) is 8.23. The van der Waals surface area contributed by atoms with Crippen molar-refractivity contribution < 1.29 is 29.0 Å². The summed E-state index contributed by atoms with van der Waals surface area (Å²) in [6, 6.07) is 17.1. The number of nitrogens with zero attached hydrogens (tertiary/aromatic N) is 3. The third kappa shape index (κ3) is 9.08. The molecular weight excluding hydrogens is 608 g/mol. The van der Waals surface area contributed by atoms with Crippen LogP contribution in [0.1, 0.15) is 76.5 Å². The highest BCUT2D eigenvalue weighted by Crippen LogP contribution is 2.44. The van der Waals surface area contributed by atoms with E-state index in [1.54, 1.807) is 30.6 Å². The lowest BCUT2D eigenvalue weighted by molar-refractivity contribution is -0.178. The first-order valence-electron chi connectivity index (χ1n) is 16.5. The second-order valence-corrected chi connectivity index (χ2v) is 13.0. The largest absolute Gasteiger partial charge is 0.480 e. The van der Waals surface area contributed by atoms with Crippen molar-refractivity contribution in [2.75, 3.05) is 13.2 Å². The number of rotatable bonds is 14. The molecule has 0 spiro atoms. The number of carboxylic acid groups (broad SMARTS) is 1. The molecular formula is C38H46N4O6. The Hall–Kier alpha value is -4.99. The second kappa shape index (κ2) is 16.7. The fourth-order valence-electron chi connectivity index (χ4n) is 5.85. The number of aromatic nitrogens is 1. The van der Waals surface area contributed by atoms with Gasteiger partial charge in [-0.25, -0.2) is 19.6 Å². The number of hydrogen-bond acceptors (Lipinski definition) is 6. The van der Waals surface area contributed by atoms with Crippen molar-refractivity contribution in [3.8, 4) is 11.1 Å². The van der Waals surface area contributed by atoms with Crippen LogP contribution in [0, 0.1) is 11.8 Å². The Kier molecular flexibility index (Phi) is 12.5. The summed E-state index contributed by atoms with van der Waals surface area (Å²) < 4.78 is 5.67. The number of alkyl carbamates (subject to hydrolysis) is 1. The molecule has 0 unspecified atom stereocenters. The second-order valence-electron chi connectivity index (χ2n) is 13.0. The summed E-state index contributed by atoms with van der Waals surface area (Å²) in [4.78, 5) is 57.7. The van der Waals surface area contributed by atoms with Crippen LogP contribution >= 0.6 is 0 Å². The van der Waals surface area contributed by atoms with E-state index < -0.39 is 36.0 Å². The maximum absolute atomic E-state index is 14.1. The fraction of sp³-hybridized carbons (Fsp3) is 0.395. The zero-order chi connectivity index (χ0) is 34.8. The lowest BCUT2D eigenvalue weighted by atomic mass is 9.98. The van der Waals surface area contributed by atoms with E-state index in [9.17, 15) is 24.3 Å². The van der Waals surface area contributed by atoms with Gasteiger partial charge in [-0.15, -0.1) is 0 Å². The quantitative estimate of drug-likeness (QED) is 0.189. The zero-order valence-electron chi connectivity index (χ0n) is 28.3. The van der Waals surface area contributed by atoms with Crippen LogP contribution in [0.5, 0.6) is 0 Å². The Balaban J connectivity index is 1.52. The minimum Gasteiger partial charge on any atom is -0.480 e. The molecule has 2 aromatic carbocycles. The van der Waals surface area contributed by atoms with E-state index in [1.165, 1.54) is 11.9 Å². The summed E-state index contributed by atoms with van der Waals surface area (Å²) in [7, 11) is 0. The Bertz CT molecular complexity index is 1560. The normalized spacial score (nSPS) is 13.6. The summed E-state index contributed by atoms with van der Waals surface area (Å²) in [5, 5.41) is 15.3. The van der Waals surface area contributed by atoms with Gasteiger partial charge in [0, 0.05) is 31.3 Å². The van der Waals surface area contributed by atoms with Crippen LogP contribution in [0.25, 0.3) is 17.2 Å². The Morgan fingerprint density at radius 2 is 1.56 bits per heavy atom. The van der Waals surface area contributed by atoms with E-state index in [1.807, 2.05) is 82.3 Å². The molecule has 0 saturated carbocycles. The van der Waals surface area contributed by atoms with Crippen molar-refractivity contribution in [1.29, 1.82) is 0 Å². The van der Waals surface area contributed by atoms with Gasteiger partial charge in [-0.05, 0) is 65.5 Å². The molecule has 0 saturated heterocycles. The molecule has 1 aliphatic rings. The van der Waals surface area contributed by atoms with E-state index in [4.69, 9.17) is 4.74 Å². The number of fused-ring (bicyclic) bond motifs is 3. The highest BCUT2D eigenvalue weighted by atomic mass is 16.5. The number of benzene rings is 2. The minimum absolute atomic E-state index is 0.0479. The molecule has 254 valence electrons. The third-order valence-corrected chi connectivity index (χ3v) is 8.23. The Labute approximate surface area is 282 Å². The van der Waals surface area contributed by atoms with Crippen molar-refractivity contribution in [2.45, 2.75) is 71.9 Å². The minimum atomic E-state index is -1.36. The number of carbonyl (C=O) groups excluding carboxylic acids is 3. The maximum atomic E-state index is 14.1. The van der Waals surface area contributed by atoms with E-state index in [-0.39, 0.29) is 43.7 Å². The van der Waals surface area contributed by atoms with Gasteiger partial charge in [0.15, 0.2) is 6.04 Å². The molecule has 0 fully saturated rings. The highest BCUT2D eigenvalue weighted by molar-refractivity contribution is 5.90. The van der Waals surface area contributed by atoms with Crippen LogP contribution in [-0.4, -0.2) is 69.2 Å². The van der Waals surface area contributed by atoms with Crippen LogP contribution in [0.2, 0.25) is 0 Å². The first-order valence-corrected chi connectivity index (χ1v) is 16.5. The van der Waals surface area contributed by atoms with E-state index >= 15 is 0 Å². The Morgan fingerprint density at radius 3 is 2.12 bits per heavy atom. The molecule has 10 heteroatoms. The van der Waals surface area contributed by atoms with Gasteiger partial charge in [-0.1, -0.05) is 94.4 Å². The van der Waals surface area contributed by atoms with Crippen LogP contribution in [0.3, 0.4) is 0 Å². The van der Waals surface area contributed by atoms with Crippen molar-refractivity contribution in [3.05, 3.63) is 95.8 Å². The standard InChI is InChI=1S/C38H46N4O6/c1-25(2)19-20-35(43)42(34(37(45)46)18-10-12-28-13-11-21-39-22-28)41(23-26(3)4)36(44)27(5)40-38(47)48-24-33-31-16-8-6-14-29(31)30-15-7-9-17-32(30)33/h6-17,21-22,25-27,33-34H,18-20,23-24H2,1-5H3,(H,40,47)(H,45,46)/t27-,34+/m1/s1. The molecule has 3 aromatic rings. The van der Waals surface area contributed by atoms with Crippen molar-refractivity contribution in [1.82, 2.24) is 20.3 Å². The molecule has 4 rings (SSSR count). The topological polar surface area (TPSA) is 129 Å². The summed E-state index contributed by atoms with van der Waals surface area (Å²) in [6.07, 6.45) is 6.42. The average molecular weight is 655 g/mol. The molecule has 1 aromatic heterocycles. The molecule has 48 heavy (non-hydrogen) atoms. The molecule has 3 amide bonds. The predicted octanol–water partition coefficient (Wildman–Crippen LogP) is 6.53. The van der Waals surface area contributed by atoms with Crippen molar-refractivity contribution >= 4 is 30.0 Å². The van der Waals surface area contributed by atoms with Crippen LogP contribution in [-0.2, 0) is 19.1 Å². The number of aliphatic carboxylic acids is 1. The van der Waals surface area contributed by atoms with E-state index in [0.717, 1.165) is 32.8 Å². The molecule has 2 N–H and O–H groups in total. The van der Waals surface area contributed by atoms with Crippen LogP contribution in [0.15, 0.2) is 79.1 Å². The number of pyridine rings is 1. The van der Waals surface area contributed by atoms with Gasteiger partial charge < -0.3 is 15.2 Å². The van der Waals surface area contributed by atoms with Gasteiger partial charge in [0.1, 0.15) is 12.6 Å². The first kappa shape index (κ1) is 35.9. The number of carbonyl (C=O) groups is 4. The van der Waals surface area contributed by atoms with Gasteiger partial charge in [0.05, 0.1) is 0 Å². The highest BCUT2D eigenvalue weighted by Gasteiger charge is 2.38. The van der Waals surface area contributed by atoms with Crippen LogP contribution in [0.4, 0.5) is 4.79 Å².